The molecule has 6 heteroatoms. The maximum atomic E-state index is 11.3. The van der Waals surface area contributed by atoms with E-state index in [9.17, 15) is 9.90 Å². The molecular weight excluding hydrogens is 452 g/mol. The molecule has 2 unspecified atom stereocenters. The van der Waals surface area contributed by atoms with Crippen LogP contribution in [0.4, 0.5) is 0 Å². The number of pyridine rings is 1. The Hall–Kier alpha value is -3.38. The monoisotopic (exact) mass is 488 g/mol. The van der Waals surface area contributed by atoms with Gasteiger partial charge in [-0.3, -0.25) is 9.69 Å². The number of fused-ring (bicyclic) bond motifs is 1. The van der Waals surface area contributed by atoms with Crippen LogP contribution >= 0.6 is 0 Å². The van der Waals surface area contributed by atoms with Crippen LogP contribution in [0.5, 0.6) is 11.6 Å². The van der Waals surface area contributed by atoms with Crippen LogP contribution in [0.2, 0.25) is 0 Å². The van der Waals surface area contributed by atoms with Crippen LogP contribution in [-0.2, 0) is 24.2 Å². The quantitative estimate of drug-likeness (QED) is 0.381. The molecule has 0 saturated carbocycles. The molecule has 1 aliphatic rings. The molecule has 0 bridgehead atoms. The average Bonchev–Trinajstić information content (AvgIpc) is 2.91. The minimum atomic E-state index is -0.779. The third-order valence-corrected chi connectivity index (χ3v) is 7.08. The highest BCUT2D eigenvalue weighted by Crippen LogP contribution is 2.38. The van der Waals surface area contributed by atoms with E-state index in [2.05, 4.69) is 48.0 Å². The van der Waals surface area contributed by atoms with Crippen molar-refractivity contribution in [1.82, 2.24) is 9.88 Å². The molecule has 0 aliphatic carbocycles. The minimum absolute atomic E-state index is 0.0406. The number of carboxylic acid groups (broad SMARTS) is 1. The van der Waals surface area contributed by atoms with Crippen molar-refractivity contribution in [1.29, 1.82) is 0 Å². The molecule has 2 aromatic carbocycles. The van der Waals surface area contributed by atoms with Gasteiger partial charge >= 0.3 is 5.97 Å². The summed E-state index contributed by atoms with van der Waals surface area (Å²) in [4.78, 5) is 18.0. The van der Waals surface area contributed by atoms with Gasteiger partial charge in [0.05, 0.1) is 13.0 Å². The summed E-state index contributed by atoms with van der Waals surface area (Å²) in [5.41, 5.74) is 6.85. The Morgan fingerprint density at radius 3 is 2.69 bits per heavy atom. The molecule has 0 fully saturated rings. The van der Waals surface area contributed by atoms with E-state index in [1.54, 1.807) is 20.2 Å². The van der Waals surface area contributed by atoms with Gasteiger partial charge in [-0.25, -0.2) is 4.98 Å². The van der Waals surface area contributed by atoms with Crippen molar-refractivity contribution in [3.05, 3.63) is 77.0 Å². The minimum Gasteiger partial charge on any atom is -0.485 e. The number of rotatable bonds is 10. The standard InChI is InChI=1S/C30H36N2O4/c1-5-32(6-2)19-25-17-24(9-11-26(25)23-13-14-31-29(18-23)35-4)27-12-10-22-8-7-21(16-28(22)36-27)15-20(3)30(33)34/h7-9,11,13-14,16-18,20,27H,5-6,10,12,15,19H2,1-4H3,(H,33,34). The van der Waals surface area contributed by atoms with E-state index >= 15 is 0 Å². The van der Waals surface area contributed by atoms with Crippen LogP contribution in [0.3, 0.4) is 0 Å². The van der Waals surface area contributed by atoms with Crippen molar-refractivity contribution in [2.24, 2.45) is 5.92 Å². The van der Waals surface area contributed by atoms with E-state index in [1.165, 1.54) is 16.7 Å². The van der Waals surface area contributed by atoms with Gasteiger partial charge in [0.1, 0.15) is 11.9 Å². The summed E-state index contributed by atoms with van der Waals surface area (Å²) in [6.45, 7) is 8.92. The van der Waals surface area contributed by atoms with Crippen LogP contribution in [0.25, 0.3) is 11.1 Å². The Bertz CT molecular complexity index is 1210. The van der Waals surface area contributed by atoms with Crippen molar-refractivity contribution < 1.29 is 19.4 Å². The number of nitrogens with zero attached hydrogens (tertiary/aromatic N) is 2. The first-order chi connectivity index (χ1) is 17.4. The zero-order chi connectivity index (χ0) is 25.7. The van der Waals surface area contributed by atoms with E-state index in [0.29, 0.717) is 12.3 Å². The van der Waals surface area contributed by atoms with Crippen LogP contribution in [-0.4, -0.2) is 41.2 Å². The summed E-state index contributed by atoms with van der Waals surface area (Å²) < 4.78 is 11.9. The SMILES string of the molecule is CCN(CC)Cc1cc(C2CCc3ccc(CC(C)C(=O)O)cc3O2)ccc1-c1ccnc(OC)c1. The summed E-state index contributed by atoms with van der Waals surface area (Å²) in [6.07, 6.45) is 4.08. The molecule has 190 valence electrons. The van der Waals surface area contributed by atoms with Crippen molar-refractivity contribution in [2.75, 3.05) is 20.2 Å². The molecule has 1 aliphatic heterocycles. The first-order valence-corrected chi connectivity index (χ1v) is 12.8. The summed E-state index contributed by atoms with van der Waals surface area (Å²) in [5, 5.41) is 9.29. The van der Waals surface area contributed by atoms with Gasteiger partial charge in [0.25, 0.3) is 0 Å². The van der Waals surface area contributed by atoms with Gasteiger partial charge in [-0.1, -0.05) is 51.1 Å². The van der Waals surface area contributed by atoms with Crippen molar-refractivity contribution in [3.8, 4) is 22.8 Å². The molecule has 0 radical (unpaired) electrons. The first-order valence-electron chi connectivity index (χ1n) is 12.8. The Labute approximate surface area is 213 Å². The molecule has 4 rings (SSSR count). The topological polar surface area (TPSA) is 71.9 Å². The largest absolute Gasteiger partial charge is 0.485 e. The normalized spacial score (nSPS) is 15.8. The number of ether oxygens (including phenoxy) is 2. The molecule has 2 heterocycles. The van der Waals surface area contributed by atoms with Gasteiger partial charge in [0.15, 0.2) is 0 Å². The Kier molecular flexibility index (Phi) is 8.26. The maximum absolute atomic E-state index is 11.3. The molecule has 6 nitrogen and oxygen atoms in total. The van der Waals surface area contributed by atoms with Crippen molar-refractivity contribution in [2.45, 2.75) is 52.7 Å². The molecular formula is C30H36N2O4. The van der Waals surface area contributed by atoms with E-state index in [0.717, 1.165) is 54.9 Å². The van der Waals surface area contributed by atoms with Gasteiger partial charge in [0, 0.05) is 18.8 Å². The van der Waals surface area contributed by atoms with Crippen molar-refractivity contribution >= 4 is 5.97 Å². The van der Waals surface area contributed by atoms with Gasteiger partial charge < -0.3 is 14.6 Å². The lowest BCUT2D eigenvalue weighted by atomic mass is 9.91. The fourth-order valence-corrected chi connectivity index (χ4v) is 4.82. The molecule has 0 spiro atoms. The number of hydrogen-bond donors (Lipinski definition) is 1. The van der Waals surface area contributed by atoms with Crippen LogP contribution in [0.1, 0.15) is 55.5 Å². The molecule has 1 aromatic heterocycles. The fraction of sp³-hybridized carbons (Fsp3) is 0.400. The Balaban J connectivity index is 1.64. The second-order valence-corrected chi connectivity index (χ2v) is 9.50. The molecule has 3 aromatic rings. The summed E-state index contributed by atoms with van der Waals surface area (Å²) in [5.74, 6) is 0.267. The number of carboxylic acids is 1. The second kappa shape index (κ2) is 11.6. The fourth-order valence-electron chi connectivity index (χ4n) is 4.82. The van der Waals surface area contributed by atoms with E-state index in [-0.39, 0.29) is 6.10 Å². The van der Waals surface area contributed by atoms with Gasteiger partial charge in [-0.2, -0.15) is 0 Å². The zero-order valence-corrected chi connectivity index (χ0v) is 21.7. The van der Waals surface area contributed by atoms with E-state index < -0.39 is 11.9 Å². The van der Waals surface area contributed by atoms with Gasteiger partial charge in [0.2, 0.25) is 5.88 Å². The maximum Gasteiger partial charge on any atom is 0.306 e. The summed E-state index contributed by atoms with van der Waals surface area (Å²) >= 11 is 0. The van der Waals surface area contributed by atoms with Gasteiger partial charge in [-0.05, 0) is 77.9 Å². The third kappa shape index (κ3) is 5.88. The Morgan fingerprint density at radius 1 is 1.17 bits per heavy atom. The lowest BCUT2D eigenvalue weighted by Gasteiger charge is -2.28. The molecule has 1 N–H and O–H groups in total. The van der Waals surface area contributed by atoms with Gasteiger partial charge in [-0.15, -0.1) is 0 Å². The number of aliphatic carboxylic acids is 1. The highest BCUT2D eigenvalue weighted by atomic mass is 16.5. The zero-order valence-electron chi connectivity index (χ0n) is 21.7. The predicted octanol–water partition coefficient (Wildman–Crippen LogP) is 5.93. The summed E-state index contributed by atoms with van der Waals surface area (Å²) in [6, 6.07) is 16.8. The molecule has 2 atom stereocenters. The smallest absolute Gasteiger partial charge is 0.306 e. The highest BCUT2D eigenvalue weighted by molar-refractivity contribution is 5.70. The molecule has 0 amide bonds. The van der Waals surface area contributed by atoms with Crippen LogP contribution in [0.15, 0.2) is 54.7 Å². The molecule has 36 heavy (non-hydrogen) atoms. The number of aromatic nitrogens is 1. The van der Waals surface area contributed by atoms with E-state index in [1.807, 2.05) is 24.3 Å². The lowest BCUT2D eigenvalue weighted by molar-refractivity contribution is -0.141. The first kappa shape index (κ1) is 25.7. The molecule has 0 saturated heterocycles. The Morgan fingerprint density at radius 2 is 1.97 bits per heavy atom. The van der Waals surface area contributed by atoms with Crippen molar-refractivity contribution in [3.63, 3.8) is 0 Å². The number of benzene rings is 2. The summed E-state index contributed by atoms with van der Waals surface area (Å²) in [7, 11) is 1.64. The number of methoxy groups -OCH3 is 1. The number of carbonyl (C=O) groups is 1. The van der Waals surface area contributed by atoms with Crippen LogP contribution < -0.4 is 9.47 Å². The number of hydrogen-bond acceptors (Lipinski definition) is 5. The highest BCUT2D eigenvalue weighted by Gasteiger charge is 2.24. The third-order valence-electron chi connectivity index (χ3n) is 7.08. The average molecular weight is 489 g/mol. The lowest BCUT2D eigenvalue weighted by Crippen LogP contribution is -2.23. The number of aryl methyl sites for hydroxylation is 1. The van der Waals surface area contributed by atoms with Crippen LogP contribution in [0, 0.1) is 5.92 Å². The van der Waals surface area contributed by atoms with E-state index in [4.69, 9.17) is 9.47 Å². The second-order valence-electron chi connectivity index (χ2n) is 9.50. The predicted molar refractivity (Wildman–Crippen MR) is 141 cm³/mol.